The lowest BCUT2D eigenvalue weighted by atomic mass is 10.0. The zero-order chi connectivity index (χ0) is 44.8. The summed E-state index contributed by atoms with van der Waals surface area (Å²) in [6, 6.07) is 72.8. The van der Waals surface area contributed by atoms with Gasteiger partial charge in [0.1, 0.15) is 0 Å². The van der Waals surface area contributed by atoms with Gasteiger partial charge in [-0.15, -0.1) is 0 Å². The Bertz CT molecular complexity index is 2740. The molecule has 0 aliphatic rings. The largest absolute Gasteiger partial charge is 0.311 e. The number of hydrogen-bond acceptors (Lipinski definition) is 4. The van der Waals surface area contributed by atoms with Gasteiger partial charge < -0.3 is 9.80 Å². The van der Waals surface area contributed by atoms with E-state index in [0.717, 1.165) is 67.5 Å². The average Bonchev–Trinajstić information content (AvgIpc) is 3.32. The summed E-state index contributed by atoms with van der Waals surface area (Å²) >= 11 is 0. The number of rotatable bonds is 12. The maximum atomic E-state index is 9.42. The number of hydrogen-bond donors (Lipinski definition) is 0. The summed E-state index contributed by atoms with van der Waals surface area (Å²) in [7, 11) is -2.88. The van der Waals surface area contributed by atoms with Gasteiger partial charge in [-0.2, -0.15) is 10.5 Å². The van der Waals surface area contributed by atoms with Crippen LogP contribution in [0.4, 0.5) is 34.1 Å². The van der Waals surface area contributed by atoms with E-state index in [-0.39, 0.29) is 0 Å². The zero-order valence-corrected chi connectivity index (χ0v) is 39.4. The Kier molecular flexibility index (Phi) is 12.5. The molecule has 0 heterocycles. The van der Waals surface area contributed by atoms with Crippen LogP contribution < -0.4 is 20.2 Å². The molecule has 8 aromatic rings. The smallest absolute Gasteiger partial charge is 0.0991 e. The van der Waals surface area contributed by atoms with Crippen molar-refractivity contribution < 1.29 is 0 Å². The van der Waals surface area contributed by atoms with Gasteiger partial charge in [-0.3, -0.25) is 0 Å². The van der Waals surface area contributed by atoms with Crippen molar-refractivity contribution in [3.63, 3.8) is 0 Å². The molecule has 0 aliphatic carbocycles. The predicted octanol–water partition coefficient (Wildman–Crippen LogP) is 15.0. The van der Waals surface area contributed by atoms with E-state index in [2.05, 4.69) is 219 Å². The van der Waals surface area contributed by atoms with Crippen molar-refractivity contribution >= 4 is 72.8 Å². The van der Waals surface area contributed by atoms with Crippen LogP contribution in [0.25, 0.3) is 34.4 Å². The molecule has 4 nitrogen and oxygen atoms in total. The molecule has 0 N–H and O–H groups in total. The summed E-state index contributed by atoms with van der Waals surface area (Å²) in [6.45, 7) is 14.2. The van der Waals surface area contributed by atoms with E-state index in [1.165, 1.54) is 10.4 Å². The van der Waals surface area contributed by atoms with Crippen molar-refractivity contribution in [3.05, 3.63) is 216 Å². The van der Waals surface area contributed by atoms with E-state index in [9.17, 15) is 10.5 Å². The van der Waals surface area contributed by atoms with Gasteiger partial charge in [-0.1, -0.05) is 159 Å². The lowest BCUT2D eigenvalue weighted by Gasteiger charge is -2.27. The first-order valence-corrected chi connectivity index (χ1v) is 28.8. The SMILES string of the molecule is C[Si](C)(C)c1ccc(N(c2ccc(C#N)cc2)c2ccc(-c3ccc(/C=C/c4ccc(-c5ccc(N(c6ccc(C#N)cc6)c6ccc([Si](C)(C)C)cc6)cc5)cc4)cc3)cc2)cc1. The minimum atomic E-state index is -1.44. The lowest BCUT2D eigenvalue weighted by molar-refractivity contribution is 1.28. The summed E-state index contributed by atoms with van der Waals surface area (Å²) in [5, 5.41) is 21.7. The van der Waals surface area contributed by atoms with Crippen LogP contribution in [0, 0.1) is 22.7 Å². The van der Waals surface area contributed by atoms with E-state index in [1.54, 1.807) is 0 Å². The van der Waals surface area contributed by atoms with Gasteiger partial charge >= 0.3 is 0 Å². The van der Waals surface area contributed by atoms with Gasteiger partial charge in [0.05, 0.1) is 39.4 Å². The summed E-state index contributed by atoms with van der Waals surface area (Å²) < 4.78 is 0. The average molecular weight is 861 g/mol. The van der Waals surface area contributed by atoms with Crippen LogP contribution in [0.15, 0.2) is 194 Å². The van der Waals surface area contributed by atoms with E-state index in [0.29, 0.717) is 11.1 Å². The van der Waals surface area contributed by atoms with Crippen LogP contribution in [-0.4, -0.2) is 16.1 Å². The standard InChI is InChI=1S/C58H52N4Si2/c1-63(2,3)57-37-33-55(34-38-57)61(51-25-13-45(41-59)14-26-51)53-29-21-49(22-30-53)47-17-9-43(10-18-47)7-8-44-11-19-48(20-12-44)50-23-31-54(32-24-50)62(52-27-15-46(42-60)16-28-52)56-35-39-58(40-36-56)64(4,5)6/h7-40H,1-6H3/b8-7+. The highest BCUT2D eigenvalue weighted by molar-refractivity contribution is 6.89. The Labute approximate surface area is 381 Å². The topological polar surface area (TPSA) is 54.1 Å². The fourth-order valence-corrected chi connectivity index (χ4v) is 10.2. The van der Waals surface area contributed by atoms with Gasteiger partial charge in [-0.25, -0.2) is 0 Å². The van der Waals surface area contributed by atoms with Gasteiger partial charge in [-0.05, 0) is 130 Å². The lowest BCUT2D eigenvalue weighted by Crippen LogP contribution is -2.37. The quantitative estimate of drug-likeness (QED) is 0.0907. The van der Waals surface area contributed by atoms with Crippen LogP contribution in [0.3, 0.4) is 0 Å². The van der Waals surface area contributed by atoms with E-state index >= 15 is 0 Å². The Balaban J connectivity index is 0.951. The van der Waals surface area contributed by atoms with Crippen molar-refractivity contribution in [1.82, 2.24) is 0 Å². The second-order valence-corrected chi connectivity index (χ2v) is 28.4. The third-order valence-corrected chi connectivity index (χ3v) is 15.8. The van der Waals surface area contributed by atoms with E-state index < -0.39 is 16.1 Å². The first-order chi connectivity index (χ1) is 30.9. The van der Waals surface area contributed by atoms with Gasteiger partial charge in [0.15, 0.2) is 0 Å². The third kappa shape index (κ3) is 9.91. The predicted molar refractivity (Wildman–Crippen MR) is 277 cm³/mol. The monoisotopic (exact) mass is 860 g/mol. The Morgan fingerprint density at radius 3 is 0.766 bits per heavy atom. The van der Waals surface area contributed by atoms with Gasteiger partial charge in [0.2, 0.25) is 0 Å². The summed E-state index contributed by atoms with van der Waals surface area (Å²) in [5.74, 6) is 0. The maximum Gasteiger partial charge on any atom is 0.0991 e. The summed E-state index contributed by atoms with van der Waals surface area (Å²) in [5.41, 5.74) is 14.5. The molecule has 0 aliphatic heterocycles. The highest BCUT2D eigenvalue weighted by Gasteiger charge is 2.20. The second kappa shape index (κ2) is 18.5. The maximum absolute atomic E-state index is 9.42. The Morgan fingerprint density at radius 1 is 0.312 bits per heavy atom. The molecule has 0 saturated carbocycles. The minimum Gasteiger partial charge on any atom is -0.311 e. The first-order valence-electron chi connectivity index (χ1n) is 21.8. The summed E-state index contributed by atoms with van der Waals surface area (Å²) in [6.07, 6.45) is 4.32. The molecule has 0 bridgehead atoms. The van der Waals surface area contributed by atoms with E-state index in [1.807, 2.05) is 48.5 Å². The Hall–Kier alpha value is -7.49. The van der Waals surface area contributed by atoms with Crippen molar-refractivity contribution in [1.29, 1.82) is 10.5 Å². The molecule has 0 atom stereocenters. The highest BCUT2D eigenvalue weighted by atomic mass is 28.3. The molecular formula is C58H52N4Si2. The molecule has 0 aromatic heterocycles. The molecule has 8 aromatic carbocycles. The molecule has 0 radical (unpaired) electrons. The molecule has 8 rings (SSSR count). The van der Waals surface area contributed by atoms with Crippen molar-refractivity contribution in [2.75, 3.05) is 9.80 Å². The fraction of sp³-hybridized carbons (Fsp3) is 0.103. The molecular weight excluding hydrogens is 809 g/mol. The van der Waals surface area contributed by atoms with Crippen molar-refractivity contribution in [2.24, 2.45) is 0 Å². The Morgan fingerprint density at radius 2 is 0.531 bits per heavy atom. The zero-order valence-electron chi connectivity index (χ0n) is 37.4. The van der Waals surface area contributed by atoms with Crippen LogP contribution in [0.5, 0.6) is 0 Å². The van der Waals surface area contributed by atoms with Crippen LogP contribution in [-0.2, 0) is 0 Å². The molecule has 0 amide bonds. The van der Waals surface area contributed by atoms with E-state index in [4.69, 9.17) is 0 Å². The first kappa shape index (κ1) is 43.2. The molecule has 64 heavy (non-hydrogen) atoms. The van der Waals surface area contributed by atoms with Gasteiger partial charge in [0, 0.05) is 34.1 Å². The molecule has 6 heteroatoms. The van der Waals surface area contributed by atoms with Crippen molar-refractivity contribution in [3.8, 4) is 34.4 Å². The number of anilines is 6. The summed E-state index contributed by atoms with van der Waals surface area (Å²) in [4.78, 5) is 4.50. The number of nitriles is 2. The molecule has 0 unspecified atom stereocenters. The molecule has 0 spiro atoms. The van der Waals surface area contributed by atoms with Crippen LogP contribution >= 0.6 is 0 Å². The number of nitrogens with zero attached hydrogens (tertiary/aromatic N) is 4. The second-order valence-electron chi connectivity index (χ2n) is 18.3. The fourth-order valence-electron chi connectivity index (χ4n) is 7.86. The molecule has 0 saturated heterocycles. The normalized spacial score (nSPS) is 11.5. The molecule has 312 valence electrons. The number of benzene rings is 8. The van der Waals surface area contributed by atoms with Crippen molar-refractivity contribution in [2.45, 2.75) is 39.3 Å². The minimum absolute atomic E-state index is 0.645. The van der Waals surface area contributed by atoms with Crippen LogP contribution in [0.1, 0.15) is 22.3 Å². The molecule has 0 fully saturated rings. The van der Waals surface area contributed by atoms with Gasteiger partial charge in [0.25, 0.3) is 0 Å². The van der Waals surface area contributed by atoms with Crippen LogP contribution in [0.2, 0.25) is 39.3 Å². The third-order valence-electron chi connectivity index (χ3n) is 11.7. The highest BCUT2D eigenvalue weighted by Crippen LogP contribution is 2.37.